The average Bonchev–Trinajstić information content (AvgIpc) is 2.30. The van der Waals surface area contributed by atoms with Crippen molar-refractivity contribution in [2.45, 2.75) is 20.3 Å². The van der Waals surface area contributed by atoms with Crippen molar-refractivity contribution in [2.24, 2.45) is 0 Å². The Labute approximate surface area is 64.9 Å². The quantitative estimate of drug-likeness (QED) is 0.605. The Morgan fingerprint density at radius 1 is 1.70 bits per heavy atom. The van der Waals surface area contributed by atoms with Crippen LogP contribution >= 0.6 is 11.3 Å². The van der Waals surface area contributed by atoms with E-state index < -0.39 is 0 Å². The molecule has 0 amide bonds. The van der Waals surface area contributed by atoms with E-state index in [0.717, 1.165) is 12.0 Å². The van der Waals surface area contributed by atoms with Crippen molar-refractivity contribution in [1.29, 1.82) is 5.26 Å². The first-order valence-electron chi connectivity index (χ1n) is 3.26. The zero-order chi connectivity index (χ0) is 7.56. The van der Waals surface area contributed by atoms with Crippen LogP contribution in [0.15, 0.2) is 5.38 Å². The normalized spacial score (nSPS) is 9.30. The molecule has 1 rings (SSSR count). The van der Waals surface area contributed by atoms with Gasteiger partial charge in [-0.25, -0.2) is 0 Å². The summed E-state index contributed by atoms with van der Waals surface area (Å²) in [6.45, 7) is 4.14. The van der Waals surface area contributed by atoms with Gasteiger partial charge in [0.2, 0.25) is 0 Å². The van der Waals surface area contributed by atoms with Gasteiger partial charge < -0.3 is 0 Å². The molecule has 1 aromatic heterocycles. The van der Waals surface area contributed by atoms with Crippen LogP contribution in [0.1, 0.15) is 22.9 Å². The Kier molecular flexibility index (Phi) is 2.08. The third kappa shape index (κ3) is 1.05. The van der Waals surface area contributed by atoms with E-state index in [1.54, 1.807) is 11.3 Å². The maximum Gasteiger partial charge on any atom is 0.100 e. The summed E-state index contributed by atoms with van der Waals surface area (Å²) < 4.78 is 0. The summed E-state index contributed by atoms with van der Waals surface area (Å²) in [5.41, 5.74) is 2.07. The lowest BCUT2D eigenvalue weighted by Gasteiger charge is -1.91. The van der Waals surface area contributed by atoms with E-state index in [-0.39, 0.29) is 0 Å². The van der Waals surface area contributed by atoms with Crippen molar-refractivity contribution in [2.75, 3.05) is 0 Å². The number of aryl methyl sites for hydroxylation is 1. The lowest BCUT2D eigenvalue weighted by molar-refractivity contribution is 1.12. The van der Waals surface area contributed by atoms with Gasteiger partial charge in [-0.1, -0.05) is 6.92 Å². The van der Waals surface area contributed by atoms with Gasteiger partial charge in [-0.05, 0) is 18.9 Å². The smallest absolute Gasteiger partial charge is 0.100 e. The molecule has 0 saturated heterocycles. The van der Waals surface area contributed by atoms with Crippen LogP contribution in [0.25, 0.3) is 0 Å². The Bertz CT molecular complexity index is 267. The average molecular weight is 151 g/mol. The fourth-order valence-corrected chi connectivity index (χ4v) is 1.90. The highest BCUT2D eigenvalue weighted by Crippen LogP contribution is 2.20. The summed E-state index contributed by atoms with van der Waals surface area (Å²) >= 11 is 1.66. The molecule has 0 atom stereocenters. The molecule has 0 fully saturated rings. The summed E-state index contributed by atoms with van der Waals surface area (Å²) in [5.74, 6) is 0. The third-order valence-corrected chi connectivity index (χ3v) is 2.53. The number of nitrogens with zero attached hydrogens (tertiary/aromatic N) is 1. The minimum absolute atomic E-state index is 0.852. The maximum absolute atomic E-state index is 8.62. The molecule has 0 N–H and O–H groups in total. The zero-order valence-corrected chi connectivity index (χ0v) is 6.96. The van der Waals surface area contributed by atoms with Crippen LogP contribution in [-0.2, 0) is 6.42 Å². The summed E-state index contributed by atoms with van der Waals surface area (Å²) in [5, 5.41) is 10.5. The molecular formula is C8H9NS. The molecule has 1 aromatic rings. The maximum atomic E-state index is 8.62. The lowest BCUT2D eigenvalue weighted by atomic mass is 10.1. The molecule has 0 aliphatic rings. The van der Waals surface area contributed by atoms with Gasteiger partial charge in [-0.3, -0.25) is 0 Å². The fourth-order valence-electron chi connectivity index (χ4n) is 1.01. The molecule has 0 aliphatic carbocycles. The molecule has 0 aliphatic heterocycles. The van der Waals surface area contributed by atoms with Crippen molar-refractivity contribution in [1.82, 2.24) is 0 Å². The molecular weight excluding hydrogens is 142 g/mol. The van der Waals surface area contributed by atoms with Crippen LogP contribution in [-0.4, -0.2) is 0 Å². The van der Waals surface area contributed by atoms with Gasteiger partial charge in [0.15, 0.2) is 0 Å². The van der Waals surface area contributed by atoms with Crippen molar-refractivity contribution >= 4 is 11.3 Å². The summed E-state index contributed by atoms with van der Waals surface area (Å²) in [6.07, 6.45) is 0.970. The van der Waals surface area contributed by atoms with Crippen molar-refractivity contribution in [3.63, 3.8) is 0 Å². The first-order chi connectivity index (χ1) is 4.79. The highest BCUT2D eigenvalue weighted by molar-refractivity contribution is 7.10. The van der Waals surface area contributed by atoms with Crippen LogP contribution in [0, 0.1) is 18.3 Å². The standard InChI is InChI=1S/C8H9NS/c1-3-8-6(2)10-5-7(8)4-9/h5H,3H2,1-2H3. The van der Waals surface area contributed by atoms with Crippen molar-refractivity contribution in [3.05, 3.63) is 21.4 Å². The number of hydrogen-bond donors (Lipinski definition) is 0. The molecule has 0 saturated carbocycles. The largest absolute Gasteiger partial charge is 0.192 e. The predicted molar refractivity (Wildman–Crippen MR) is 43.1 cm³/mol. The third-order valence-electron chi connectivity index (χ3n) is 1.58. The van der Waals surface area contributed by atoms with E-state index in [2.05, 4.69) is 19.9 Å². The van der Waals surface area contributed by atoms with Gasteiger partial charge in [0, 0.05) is 10.3 Å². The Hall–Kier alpha value is -0.810. The Morgan fingerprint density at radius 3 is 2.80 bits per heavy atom. The minimum Gasteiger partial charge on any atom is -0.192 e. The summed E-state index contributed by atoms with van der Waals surface area (Å²) in [4.78, 5) is 1.28. The van der Waals surface area contributed by atoms with Crippen LogP contribution in [0.3, 0.4) is 0 Å². The van der Waals surface area contributed by atoms with E-state index in [1.165, 1.54) is 10.4 Å². The second-order valence-electron chi connectivity index (χ2n) is 2.15. The Morgan fingerprint density at radius 2 is 2.40 bits per heavy atom. The zero-order valence-electron chi connectivity index (χ0n) is 6.14. The number of rotatable bonds is 1. The molecule has 52 valence electrons. The van der Waals surface area contributed by atoms with Gasteiger partial charge in [-0.2, -0.15) is 5.26 Å². The molecule has 0 radical (unpaired) electrons. The minimum atomic E-state index is 0.852. The van der Waals surface area contributed by atoms with E-state index in [1.807, 2.05) is 5.38 Å². The molecule has 1 heterocycles. The molecule has 0 unspecified atom stereocenters. The molecule has 0 bridgehead atoms. The predicted octanol–water partition coefficient (Wildman–Crippen LogP) is 2.49. The molecule has 0 aromatic carbocycles. The van der Waals surface area contributed by atoms with Crippen LogP contribution in [0.2, 0.25) is 0 Å². The van der Waals surface area contributed by atoms with Crippen molar-refractivity contribution in [3.8, 4) is 6.07 Å². The molecule has 2 heteroatoms. The summed E-state index contributed by atoms with van der Waals surface area (Å²) in [7, 11) is 0. The van der Waals surface area contributed by atoms with Gasteiger partial charge >= 0.3 is 0 Å². The summed E-state index contributed by atoms with van der Waals surface area (Å²) in [6, 6.07) is 2.18. The van der Waals surface area contributed by atoms with Crippen LogP contribution < -0.4 is 0 Å². The number of thiophene rings is 1. The van der Waals surface area contributed by atoms with E-state index in [9.17, 15) is 0 Å². The second-order valence-corrected chi connectivity index (χ2v) is 3.23. The van der Waals surface area contributed by atoms with Gasteiger partial charge in [0.1, 0.15) is 6.07 Å². The molecule has 10 heavy (non-hydrogen) atoms. The highest BCUT2D eigenvalue weighted by atomic mass is 32.1. The first-order valence-corrected chi connectivity index (χ1v) is 4.14. The van der Waals surface area contributed by atoms with Gasteiger partial charge in [0.25, 0.3) is 0 Å². The fraction of sp³-hybridized carbons (Fsp3) is 0.375. The monoisotopic (exact) mass is 151 g/mol. The Balaban J connectivity index is 3.16. The van der Waals surface area contributed by atoms with Gasteiger partial charge in [0.05, 0.1) is 5.56 Å². The van der Waals surface area contributed by atoms with Crippen LogP contribution in [0.4, 0.5) is 0 Å². The second kappa shape index (κ2) is 2.85. The van der Waals surface area contributed by atoms with Crippen molar-refractivity contribution < 1.29 is 0 Å². The molecule has 0 spiro atoms. The highest BCUT2D eigenvalue weighted by Gasteiger charge is 2.03. The van der Waals surface area contributed by atoms with E-state index in [4.69, 9.17) is 5.26 Å². The lowest BCUT2D eigenvalue weighted by Crippen LogP contribution is -1.82. The van der Waals surface area contributed by atoms with Crippen LogP contribution in [0.5, 0.6) is 0 Å². The topological polar surface area (TPSA) is 23.8 Å². The van der Waals surface area contributed by atoms with E-state index in [0.29, 0.717) is 0 Å². The van der Waals surface area contributed by atoms with E-state index >= 15 is 0 Å². The SMILES string of the molecule is CCc1c(C#N)csc1C. The number of nitriles is 1. The first kappa shape index (κ1) is 7.30. The number of hydrogen-bond acceptors (Lipinski definition) is 2. The molecule has 1 nitrogen and oxygen atoms in total. The van der Waals surface area contributed by atoms with Gasteiger partial charge in [-0.15, -0.1) is 11.3 Å².